The quantitative estimate of drug-likeness (QED) is 0.0706. The van der Waals surface area contributed by atoms with Gasteiger partial charge < -0.3 is 84.7 Å². The van der Waals surface area contributed by atoms with Crippen molar-refractivity contribution in [2.75, 3.05) is 76.1 Å². The van der Waals surface area contributed by atoms with E-state index in [9.17, 15) is 33.6 Å². The summed E-state index contributed by atoms with van der Waals surface area (Å²) in [6.45, 7) is 7.62. The third-order valence-corrected chi connectivity index (χ3v) is 9.86. The van der Waals surface area contributed by atoms with Crippen LogP contribution in [0.1, 0.15) is 78.2 Å². The maximum Gasteiger partial charge on any atom is 0.336 e. The number of piperidine rings is 1. The van der Waals surface area contributed by atoms with Gasteiger partial charge in [-0.3, -0.25) is 4.99 Å². The predicted octanol–water partition coefficient (Wildman–Crippen LogP) is 1.94. The SMILES string of the molecule is COC(C)(C)C(=O)O.COC1(C(=O)O)CC1.COC1(C(=O)O)CCC1.COCC(=O)O.CO[C@@H](C)C(=O)O.CO[C@@H](COc1ccc(C(N)=NC2CCNCC2)cc1)C(=O)O.CO[C@H](C)C(=O)O. The van der Waals surface area contributed by atoms with E-state index >= 15 is 0 Å². The molecule has 1 aromatic rings. The molecule has 3 fully saturated rings. The lowest BCUT2D eigenvalue weighted by molar-refractivity contribution is -0.173. The number of hydrogen-bond donors (Lipinski definition) is 9. The maximum atomic E-state index is 10.8. The average Bonchev–Trinajstić information content (AvgIpc) is 4.09. The Bertz CT molecular complexity index is 1630. The van der Waals surface area contributed by atoms with Crippen LogP contribution in [0.5, 0.6) is 5.75 Å². The summed E-state index contributed by atoms with van der Waals surface area (Å²) in [5.74, 6) is -5.36. The zero-order chi connectivity index (χ0) is 53.3. The summed E-state index contributed by atoms with van der Waals surface area (Å²) in [6, 6.07) is 7.39. The molecular formula is C43H73N3O22. The van der Waals surface area contributed by atoms with Crippen molar-refractivity contribution in [3.8, 4) is 5.75 Å². The van der Waals surface area contributed by atoms with Crippen LogP contribution in [0.2, 0.25) is 0 Å². The van der Waals surface area contributed by atoms with Gasteiger partial charge in [0.25, 0.3) is 0 Å². The summed E-state index contributed by atoms with van der Waals surface area (Å²) in [5.41, 5.74) is 4.23. The van der Waals surface area contributed by atoms with Crippen molar-refractivity contribution >= 4 is 47.6 Å². The number of amidine groups is 1. The second-order valence-electron chi connectivity index (χ2n) is 15.0. The van der Waals surface area contributed by atoms with Crippen LogP contribution in [0, 0.1) is 0 Å². The molecule has 25 heteroatoms. The van der Waals surface area contributed by atoms with Gasteiger partial charge in [0.1, 0.15) is 24.8 Å². The van der Waals surface area contributed by atoms with E-state index in [1.54, 1.807) is 12.1 Å². The Morgan fingerprint density at radius 3 is 1.34 bits per heavy atom. The molecule has 0 aromatic heterocycles. The van der Waals surface area contributed by atoms with E-state index in [4.69, 9.17) is 60.4 Å². The van der Waals surface area contributed by atoms with Gasteiger partial charge in [0.2, 0.25) is 0 Å². The molecule has 0 unspecified atom stereocenters. The van der Waals surface area contributed by atoms with Crippen LogP contribution in [0.3, 0.4) is 0 Å². The fourth-order valence-electron chi connectivity index (χ4n) is 4.38. The van der Waals surface area contributed by atoms with Gasteiger partial charge in [-0.2, -0.15) is 0 Å². The van der Waals surface area contributed by atoms with E-state index in [-0.39, 0.29) is 19.3 Å². The van der Waals surface area contributed by atoms with Gasteiger partial charge in [0.05, 0.1) is 6.04 Å². The highest BCUT2D eigenvalue weighted by Gasteiger charge is 2.51. The number of methoxy groups -OCH3 is 7. The monoisotopic (exact) mass is 983 g/mol. The molecular weight excluding hydrogens is 910 g/mol. The van der Waals surface area contributed by atoms with Crippen molar-refractivity contribution in [2.45, 2.75) is 114 Å². The minimum Gasteiger partial charge on any atom is -0.490 e. The van der Waals surface area contributed by atoms with Crippen LogP contribution in [-0.4, -0.2) is 201 Å². The van der Waals surface area contributed by atoms with Crippen molar-refractivity contribution in [3.63, 3.8) is 0 Å². The number of nitrogens with two attached hydrogens (primary N) is 1. The third-order valence-electron chi connectivity index (χ3n) is 9.86. The number of nitrogens with one attached hydrogen (secondary N) is 1. The van der Waals surface area contributed by atoms with Crippen molar-refractivity contribution in [1.29, 1.82) is 0 Å². The molecule has 25 nitrogen and oxygen atoms in total. The third kappa shape index (κ3) is 28.6. The van der Waals surface area contributed by atoms with E-state index in [0.29, 0.717) is 37.3 Å². The summed E-state index contributed by atoms with van der Waals surface area (Å²) in [6.07, 6.45) is 3.28. The van der Waals surface area contributed by atoms with Crippen LogP contribution in [0.4, 0.5) is 0 Å². The molecule has 2 saturated carbocycles. The van der Waals surface area contributed by atoms with Crippen LogP contribution >= 0.6 is 0 Å². The van der Waals surface area contributed by atoms with Gasteiger partial charge in [-0.15, -0.1) is 0 Å². The lowest BCUT2D eigenvalue weighted by Crippen LogP contribution is -2.46. The zero-order valence-corrected chi connectivity index (χ0v) is 40.7. The Morgan fingerprint density at radius 2 is 1.15 bits per heavy atom. The van der Waals surface area contributed by atoms with Crippen molar-refractivity contribution in [3.05, 3.63) is 29.8 Å². The van der Waals surface area contributed by atoms with E-state index < -0.39 is 76.9 Å². The number of hydrogen-bond acceptors (Lipinski definition) is 17. The number of benzene rings is 1. The Kier molecular flexibility index (Phi) is 34.9. The summed E-state index contributed by atoms with van der Waals surface area (Å²) in [7, 11) is 9.65. The lowest BCUT2D eigenvalue weighted by atomic mass is 9.80. The highest BCUT2D eigenvalue weighted by molar-refractivity contribution is 5.97. The molecule has 1 aromatic carbocycles. The summed E-state index contributed by atoms with van der Waals surface area (Å²) >= 11 is 0. The molecule has 4 rings (SSSR count). The van der Waals surface area contributed by atoms with E-state index in [1.807, 2.05) is 12.1 Å². The molecule has 3 atom stereocenters. The summed E-state index contributed by atoms with van der Waals surface area (Å²) < 4.78 is 37.4. The summed E-state index contributed by atoms with van der Waals surface area (Å²) in [5, 5.41) is 61.3. The average molecular weight is 984 g/mol. The van der Waals surface area contributed by atoms with Gasteiger partial charge >= 0.3 is 41.8 Å². The fourth-order valence-corrected chi connectivity index (χ4v) is 4.38. The van der Waals surface area contributed by atoms with E-state index in [2.05, 4.69) is 29.3 Å². The number of carbonyl (C=O) groups is 7. The molecule has 1 aliphatic heterocycles. The topological polar surface area (TPSA) is 385 Å². The first kappa shape index (κ1) is 66.7. The molecule has 3 aliphatic rings. The molecule has 10 N–H and O–H groups in total. The molecule has 1 heterocycles. The highest BCUT2D eigenvalue weighted by Crippen LogP contribution is 2.38. The van der Waals surface area contributed by atoms with E-state index in [1.165, 1.54) is 77.5 Å². The largest absolute Gasteiger partial charge is 0.490 e. The van der Waals surface area contributed by atoms with Crippen LogP contribution < -0.4 is 15.8 Å². The van der Waals surface area contributed by atoms with E-state index in [0.717, 1.165) is 37.9 Å². The number of ether oxygens (including phenoxy) is 8. The second-order valence-corrected chi connectivity index (χ2v) is 15.0. The number of aliphatic imine (C=N–C) groups is 1. The Hall–Kier alpha value is -5.54. The summed E-state index contributed by atoms with van der Waals surface area (Å²) in [4.78, 5) is 75.2. The minimum absolute atomic E-state index is 0.0518. The first-order valence-electron chi connectivity index (χ1n) is 20.8. The van der Waals surface area contributed by atoms with Gasteiger partial charge in [0.15, 0.2) is 35.1 Å². The Balaban J connectivity index is -0.000000789. The second kappa shape index (κ2) is 35.6. The van der Waals surface area contributed by atoms with Gasteiger partial charge in [0, 0.05) is 55.3 Å². The fraction of sp³-hybridized carbons (Fsp3) is 0.674. The molecule has 0 radical (unpaired) electrons. The lowest BCUT2D eigenvalue weighted by Gasteiger charge is -2.35. The number of carboxylic acids is 7. The Labute approximate surface area is 395 Å². The van der Waals surface area contributed by atoms with Crippen molar-refractivity contribution in [1.82, 2.24) is 5.32 Å². The molecule has 0 spiro atoms. The standard InChI is InChI=1S/C16H23N3O4.C6H10O3.C5H8O3.C5H10O3.2C4H8O3.C3H6O3/c1-22-14(16(20)21)10-23-13-4-2-11(3-5-13)15(17)19-12-6-8-18-9-7-12;1-9-6(5(7)8)3-2-4-6;1-8-5(2-3-5)4(6)7;1-5(2,8-3)4(6)7;2*1-3(7-2)4(5)6;1-6-2-3(4)5/h2-5,12,14,18H,6-10H2,1H3,(H2,17,19)(H,20,21);2-4H2,1H3,(H,7,8);2-3H2,1H3,(H,6,7);1-3H3,(H,6,7);2*3H,1-2H3,(H,5,6);2H2,1H3,(H,4,5)/t14-;;;;2*3-;/m0...10./s1. The van der Waals surface area contributed by atoms with Crippen LogP contribution in [0.15, 0.2) is 29.3 Å². The van der Waals surface area contributed by atoms with Gasteiger partial charge in [-0.1, -0.05) is 0 Å². The molecule has 1 saturated heterocycles. The zero-order valence-electron chi connectivity index (χ0n) is 40.7. The molecule has 0 amide bonds. The molecule has 68 heavy (non-hydrogen) atoms. The smallest absolute Gasteiger partial charge is 0.336 e. The maximum absolute atomic E-state index is 10.8. The van der Waals surface area contributed by atoms with Crippen molar-refractivity contribution in [2.24, 2.45) is 10.7 Å². The number of rotatable bonds is 19. The molecule has 0 bridgehead atoms. The normalized spacial score (nSPS) is 16.5. The molecule has 392 valence electrons. The first-order valence-corrected chi connectivity index (χ1v) is 20.8. The van der Waals surface area contributed by atoms with Crippen molar-refractivity contribution < 1.29 is 107 Å². The van der Waals surface area contributed by atoms with Crippen LogP contribution in [0.25, 0.3) is 0 Å². The molecule has 2 aliphatic carbocycles. The Morgan fingerprint density at radius 1 is 0.706 bits per heavy atom. The van der Waals surface area contributed by atoms with Crippen LogP contribution in [-0.2, 0) is 66.7 Å². The minimum atomic E-state index is -1.05. The number of aliphatic carboxylic acids is 7. The predicted molar refractivity (Wildman–Crippen MR) is 241 cm³/mol. The van der Waals surface area contributed by atoms with Gasteiger partial charge in [-0.25, -0.2) is 33.6 Å². The number of nitrogens with zero attached hydrogens (tertiary/aromatic N) is 1. The van der Waals surface area contributed by atoms with Gasteiger partial charge in [-0.05, 0) is 110 Å². The number of carboxylic acid groups (broad SMARTS) is 7. The first-order chi connectivity index (χ1) is 31.7. The highest BCUT2D eigenvalue weighted by atomic mass is 16.6.